The average Bonchev–Trinajstić information content (AvgIpc) is 1.75. The van der Waals surface area contributed by atoms with E-state index in [2.05, 4.69) is 211 Å². The third kappa shape index (κ3) is 39.4. The zero-order valence-electron chi connectivity index (χ0n) is 52.7. The summed E-state index contributed by atoms with van der Waals surface area (Å²) in [6, 6.07) is 34.8. The maximum atomic E-state index is 8.25. The molecule has 0 aliphatic rings. The van der Waals surface area contributed by atoms with Crippen LogP contribution in [0.5, 0.6) is 0 Å². The third-order valence-electron chi connectivity index (χ3n) is 11.9. The fraction of sp³-hybridized carbons (Fsp3) is 0.286. The molecule has 0 radical (unpaired) electrons. The molecule has 0 unspecified atom stereocenters. The summed E-state index contributed by atoms with van der Waals surface area (Å²) in [6.07, 6.45) is 22.9. The van der Waals surface area contributed by atoms with Crippen molar-refractivity contribution in [3.63, 3.8) is 0 Å². The molecule has 6 aromatic carbocycles. The van der Waals surface area contributed by atoms with Crippen molar-refractivity contribution in [2.24, 2.45) is 0 Å². The van der Waals surface area contributed by atoms with E-state index in [-0.39, 0.29) is 68.2 Å². The summed E-state index contributed by atoms with van der Waals surface area (Å²) in [6.45, 7) is 7.83. The van der Waals surface area contributed by atoms with Crippen molar-refractivity contribution in [2.75, 3.05) is 82.6 Å². The monoisotopic (exact) mass is 1520 g/mol. The van der Waals surface area contributed by atoms with E-state index < -0.39 is 25.4 Å². The molecule has 0 bridgehead atoms. The van der Waals surface area contributed by atoms with Crippen LogP contribution in [0.2, 0.25) is 0 Å². The summed E-state index contributed by atoms with van der Waals surface area (Å²) in [7, 11) is 16.7. The van der Waals surface area contributed by atoms with E-state index in [1.807, 2.05) is 74.9 Å². The van der Waals surface area contributed by atoms with Crippen molar-refractivity contribution in [3.05, 3.63) is 271 Å². The SMILES string of the molecule is CN(C)CCN(C)C.CN(C)CCN(C)C.O.O.O.O.O.O=[N+]([O-])[O-].O=[N+]([O-])[O-].O=[N+]([O-])[O-].O=[N+]([O-])[O-].O=[N+]([O-])[O-].[Pd+2].[Pd].c1ccc2c(Cn3ccnc3)c3ccccc3c(Cn3ccnc3)c2c1.c1ccc2c(Cn3ccnc3)c3ccccc3c(Cn3ccnc3)c2c1. The van der Waals surface area contributed by atoms with Gasteiger partial charge in [0.25, 0.3) is 0 Å². The quantitative estimate of drug-likeness (QED) is 0.0645. The van der Waals surface area contributed by atoms with E-state index in [1.54, 1.807) is 0 Å². The van der Waals surface area contributed by atoms with Crippen molar-refractivity contribution < 1.29 is 93.7 Å². The first kappa shape index (κ1) is 96.3. The van der Waals surface area contributed by atoms with Gasteiger partial charge in [-0.3, -0.25) is 0 Å². The van der Waals surface area contributed by atoms with Crippen LogP contribution in [0.3, 0.4) is 0 Å². The van der Waals surface area contributed by atoms with Gasteiger partial charge in [-0.2, -0.15) is 0 Å². The Balaban J connectivity index is -0.000000266. The average molecular weight is 1520 g/mol. The normalized spacial score (nSPS) is 9.39. The van der Waals surface area contributed by atoms with Crippen LogP contribution in [0, 0.1) is 76.6 Å². The zero-order chi connectivity index (χ0) is 65.7. The predicted octanol–water partition coefficient (Wildman–Crippen LogP) is 3.86. The van der Waals surface area contributed by atoms with E-state index in [4.69, 9.17) is 76.6 Å². The molecule has 4 aromatic heterocycles. The van der Waals surface area contributed by atoms with Crippen LogP contribution in [0.4, 0.5) is 0 Å². The standard InChI is InChI=1S/2C22H18N4.2C6H16N2.5NO3.5H2O.2Pd/c2*1-2-6-18-17(5-1)21(13-25-11-9-23-15-25)19-7-3-4-8-20(19)22(18)14-26-12-10-24-16-26;2*1-7(2)5-6-8(3)4;5*2-1(3)4;;;;;;;/h2*1-12,15-16H,13-14H2;2*5-6H2,1-4H3;;;;;;5*1H2;;/q;;;;5*-1;;;;;;;+2. The third-order valence-corrected chi connectivity index (χ3v) is 11.9. The van der Waals surface area contributed by atoms with Crippen LogP contribution >= 0.6 is 0 Å². The molecule has 530 valence electrons. The molecule has 0 spiro atoms. The number of rotatable bonds is 14. The number of imidazole rings is 4. The molecule has 0 aliphatic heterocycles. The molecule has 10 rings (SSSR count). The van der Waals surface area contributed by atoms with Gasteiger partial charge in [-0.25, -0.2) is 19.9 Å². The summed E-state index contributed by atoms with van der Waals surface area (Å²) in [5.41, 5.74) is 5.35. The van der Waals surface area contributed by atoms with Gasteiger partial charge in [-0.1, -0.05) is 97.1 Å². The molecule has 39 heteroatoms. The van der Waals surface area contributed by atoms with Crippen molar-refractivity contribution >= 4 is 43.1 Å². The molecule has 10 aromatic rings. The smallest absolute Gasteiger partial charge is 0.412 e. The van der Waals surface area contributed by atoms with E-state index in [0.717, 1.165) is 52.4 Å². The minimum Gasteiger partial charge on any atom is -0.412 e. The molecule has 0 saturated carbocycles. The molecule has 0 amide bonds. The summed E-state index contributed by atoms with van der Waals surface area (Å²) in [5.74, 6) is 0. The van der Waals surface area contributed by atoms with Crippen LogP contribution in [-0.2, 0) is 67.0 Å². The molecule has 0 aliphatic carbocycles. The van der Waals surface area contributed by atoms with Gasteiger partial charge in [-0.15, -0.1) is 0 Å². The topological polar surface area (TPSA) is 573 Å². The minimum absolute atomic E-state index is 0. The van der Waals surface area contributed by atoms with Crippen LogP contribution in [0.1, 0.15) is 22.3 Å². The van der Waals surface area contributed by atoms with E-state index in [9.17, 15) is 0 Å². The molecular formula is C56H78N17O20Pd2-3. The van der Waals surface area contributed by atoms with Crippen LogP contribution < -0.4 is 0 Å². The second kappa shape index (κ2) is 52.6. The number of fused-ring (bicyclic) bond motifs is 4. The zero-order valence-corrected chi connectivity index (χ0v) is 55.8. The minimum atomic E-state index is -1.75. The van der Waals surface area contributed by atoms with Crippen molar-refractivity contribution in [2.45, 2.75) is 26.2 Å². The Kier molecular flexibility index (Phi) is 53.3. The van der Waals surface area contributed by atoms with Gasteiger partial charge >= 0.3 is 20.4 Å². The van der Waals surface area contributed by atoms with Gasteiger partial charge in [0.15, 0.2) is 0 Å². The van der Waals surface area contributed by atoms with Crippen LogP contribution in [0.25, 0.3) is 43.1 Å². The molecule has 37 nitrogen and oxygen atoms in total. The van der Waals surface area contributed by atoms with Gasteiger partial charge in [-0.05, 0) is 122 Å². The maximum Gasteiger partial charge on any atom is 2.00 e. The Morgan fingerprint density at radius 2 is 0.432 bits per heavy atom. The van der Waals surface area contributed by atoms with Gasteiger partial charge < -0.3 is 142 Å². The van der Waals surface area contributed by atoms with Crippen LogP contribution in [-0.4, -0.2) is 193 Å². The second-order valence-corrected chi connectivity index (χ2v) is 19.4. The van der Waals surface area contributed by atoms with Crippen molar-refractivity contribution in [1.29, 1.82) is 0 Å². The Hall–Kier alpha value is -9.84. The predicted molar refractivity (Wildman–Crippen MR) is 352 cm³/mol. The fourth-order valence-electron chi connectivity index (χ4n) is 8.35. The summed E-state index contributed by atoms with van der Waals surface area (Å²) in [5, 5.41) is 84.2. The summed E-state index contributed by atoms with van der Waals surface area (Å²) in [4.78, 5) is 66.8. The first-order chi connectivity index (χ1) is 41.7. The Morgan fingerprint density at radius 3 is 0.526 bits per heavy atom. The fourth-order valence-corrected chi connectivity index (χ4v) is 8.35. The number of hydrogen-bond donors (Lipinski definition) is 0. The summed E-state index contributed by atoms with van der Waals surface area (Å²) >= 11 is 0. The van der Waals surface area contributed by atoms with Gasteiger partial charge in [0.2, 0.25) is 0 Å². The van der Waals surface area contributed by atoms with E-state index in [1.165, 1.54) is 65.3 Å². The Labute approximate surface area is 571 Å². The van der Waals surface area contributed by atoms with E-state index >= 15 is 0 Å². The van der Waals surface area contributed by atoms with Crippen LogP contribution in [0.15, 0.2) is 172 Å². The second-order valence-electron chi connectivity index (χ2n) is 19.4. The Bertz CT molecular complexity index is 3040. The number of nitrogens with zero attached hydrogens (tertiary/aromatic N) is 17. The van der Waals surface area contributed by atoms with E-state index in [0.29, 0.717) is 0 Å². The van der Waals surface area contributed by atoms with Crippen molar-refractivity contribution in [3.8, 4) is 0 Å². The number of likely N-dealkylation sites (N-methyl/N-ethyl adjacent to an activating group) is 4. The van der Waals surface area contributed by atoms with Gasteiger partial charge in [0.05, 0.1) is 50.7 Å². The van der Waals surface area contributed by atoms with Crippen molar-refractivity contribution in [1.82, 2.24) is 57.8 Å². The molecule has 95 heavy (non-hydrogen) atoms. The largest absolute Gasteiger partial charge is 2.00 e. The molecule has 0 saturated heterocycles. The number of aromatic nitrogens is 8. The summed E-state index contributed by atoms with van der Waals surface area (Å²) < 4.78 is 8.51. The maximum absolute atomic E-state index is 8.25. The van der Waals surface area contributed by atoms with Gasteiger partial charge in [0.1, 0.15) is 0 Å². The Morgan fingerprint density at radius 1 is 0.305 bits per heavy atom. The van der Waals surface area contributed by atoms with Gasteiger partial charge in [0, 0.05) is 122 Å². The first-order valence-electron chi connectivity index (χ1n) is 26.0. The number of hydrogen-bond acceptors (Lipinski definition) is 23. The molecule has 0 fully saturated rings. The number of benzene rings is 6. The molecule has 10 N–H and O–H groups in total. The molecule has 0 atom stereocenters. The molecular weight excluding hydrogens is 1440 g/mol. The first-order valence-corrected chi connectivity index (χ1v) is 26.0. The molecule has 4 heterocycles.